The van der Waals surface area contributed by atoms with Gasteiger partial charge in [-0.3, -0.25) is 4.79 Å². The molecule has 0 spiro atoms. The largest absolute Gasteiger partial charge is 0.485 e. The smallest absolute Gasteiger partial charge is 0.200 e. The summed E-state index contributed by atoms with van der Waals surface area (Å²) < 4.78 is 11.5. The van der Waals surface area contributed by atoms with Crippen LogP contribution < -0.4 is 4.74 Å². The molecule has 0 aliphatic rings. The monoisotopic (exact) mass is 518 g/mol. The third kappa shape index (κ3) is 6.31. The molecule has 0 aliphatic carbocycles. The molecule has 5 aromatic rings. The van der Waals surface area contributed by atoms with Gasteiger partial charge < -0.3 is 9.15 Å². The fourth-order valence-corrected chi connectivity index (χ4v) is 4.77. The maximum Gasteiger partial charge on any atom is 0.200 e. The van der Waals surface area contributed by atoms with E-state index >= 15 is 0 Å². The number of hydrogen-bond donors (Lipinski definition) is 0. The lowest BCUT2D eigenvalue weighted by Crippen LogP contribution is -2.12. The summed E-state index contributed by atoms with van der Waals surface area (Å²) in [6.45, 7) is 16.7. The number of furan rings is 1. The average Bonchev–Trinajstić information content (AvgIpc) is 3.36. The van der Waals surface area contributed by atoms with Gasteiger partial charge in [0.2, 0.25) is 0 Å². The minimum Gasteiger partial charge on any atom is -0.485 e. The minimum absolute atomic E-state index is 0.00330. The van der Waals surface area contributed by atoms with Crippen LogP contribution in [-0.4, -0.2) is 12.4 Å². The van der Waals surface area contributed by atoms with Crippen molar-refractivity contribution in [2.24, 2.45) is 0 Å². The molecule has 3 nitrogen and oxygen atoms in total. The summed E-state index contributed by atoms with van der Waals surface area (Å²) in [4.78, 5) is 12.1. The molecule has 0 fully saturated rings. The van der Waals surface area contributed by atoms with Gasteiger partial charge in [0.1, 0.15) is 11.3 Å². The van der Waals surface area contributed by atoms with Gasteiger partial charge in [-0.2, -0.15) is 0 Å². The Morgan fingerprint density at radius 3 is 1.90 bits per heavy atom. The number of ether oxygens (including phenoxy) is 1. The van der Waals surface area contributed by atoms with Crippen molar-refractivity contribution in [1.29, 1.82) is 0 Å². The first-order chi connectivity index (χ1) is 18.5. The van der Waals surface area contributed by atoms with Crippen molar-refractivity contribution in [3.63, 3.8) is 0 Å². The molecule has 0 radical (unpaired) electrons. The number of hydrogen-bond acceptors (Lipinski definition) is 3. The van der Waals surface area contributed by atoms with Crippen LogP contribution in [0.2, 0.25) is 0 Å². The zero-order valence-electron chi connectivity index (χ0n) is 24.4. The van der Waals surface area contributed by atoms with Crippen molar-refractivity contribution in [3.05, 3.63) is 123 Å². The molecule has 5 rings (SSSR count). The Labute approximate surface area is 232 Å². The fourth-order valence-electron chi connectivity index (χ4n) is 4.77. The summed E-state index contributed by atoms with van der Waals surface area (Å²) in [6, 6.07) is 22.5. The van der Waals surface area contributed by atoms with Crippen LogP contribution in [0.15, 0.2) is 77.4 Å². The van der Waals surface area contributed by atoms with Gasteiger partial charge in [-0.05, 0) is 100 Å². The Balaban J connectivity index is 0.000000181. The second-order valence-corrected chi connectivity index (χ2v) is 10.6. The molecule has 4 aromatic carbocycles. The number of carbonyl (C=O) groups is 1. The second kappa shape index (κ2) is 11.7. The third-order valence-electron chi connectivity index (χ3n) is 7.41. The van der Waals surface area contributed by atoms with Gasteiger partial charge in [-0.25, -0.2) is 0 Å². The molecule has 3 heteroatoms. The van der Waals surface area contributed by atoms with E-state index in [0.29, 0.717) is 5.56 Å². The van der Waals surface area contributed by atoms with E-state index in [1.165, 1.54) is 44.3 Å². The molecule has 39 heavy (non-hydrogen) atoms. The Morgan fingerprint density at radius 2 is 1.26 bits per heavy atom. The lowest BCUT2D eigenvalue weighted by atomic mass is 9.96. The van der Waals surface area contributed by atoms with Gasteiger partial charge in [0, 0.05) is 16.5 Å². The molecule has 0 saturated heterocycles. The fraction of sp³-hybridized carbons (Fsp3) is 0.250. The van der Waals surface area contributed by atoms with Gasteiger partial charge in [0.25, 0.3) is 0 Å². The Bertz CT molecular complexity index is 1620. The van der Waals surface area contributed by atoms with Crippen LogP contribution >= 0.6 is 0 Å². The minimum atomic E-state index is 0.00330. The quantitative estimate of drug-likeness (QED) is 0.217. The number of carbonyl (C=O) groups excluding carboxylic acids is 1. The van der Waals surface area contributed by atoms with Crippen molar-refractivity contribution < 1.29 is 13.9 Å². The first kappa shape index (κ1) is 27.9. The van der Waals surface area contributed by atoms with Crippen molar-refractivity contribution in [3.8, 4) is 16.9 Å². The van der Waals surface area contributed by atoms with E-state index in [9.17, 15) is 4.79 Å². The predicted molar refractivity (Wildman–Crippen MR) is 162 cm³/mol. The van der Waals surface area contributed by atoms with Crippen LogP contribution in [0.25, 0.3) is 22.1 Å². The number of fused-ring (bicyclic) bond motifs is 1. The molecule has 200 valence electrons. The molecule has 0 aliphatic heterocycles. The molecule has 0 atom stereocenters. The summed E-state index contributed by atoms with van der Waals surface area (Å²) in [6.07, 6.45) is 1.88. The molecule has 0 bridgehead atoms. The highest BCUT2D eigenvalue weighted by molar-refractivity contribution is 5.98. The second-order valence-electron chi connectivity index (χ2n) is 10.6. The Kier molecular flexibility index (Phi) is 8.40. The first-order valence-electron chi connectivity index (χ1n) is 13.4. The van der Waals surface area contributed by atoms with Gasteiger partial charge in [0.15, 0.2) is 12.4 Å². The highest BCUT2D eigenvalue weighted by Crippen LogP contribution is 2.36. The summed E-state index contributed by atoms with van der Waals surface area (Å²) in [7, 11) is 0. The zero-order chi connectivity index (χ0) is 28.3. The van der Waals surface area contributed by atoms with Crippen LogP contribution in [0.5, 0.6) is 5.75 Å². The van der Waals surface area contributed by atoms with Crippen molar-refractivity contribution in [1.82, 2.24) is 0 Å². The molecule has 1 aromatic heterocycles. The van der Waals surface area contributed by atoms with Crippen LogP contribution in [0.3, 0.4) is 0 Å². The van der Waals surface area contributed by atoms with E-state index in [0.717, 1.165) is 28.0 Å². The molecule has 1 heterocycles. The highest BCUT2D eigenvalue weighted by Gasteiger charge is 2.14. The molecular weight excluding hydrogens is 480 g/mol. The number of Topliss-reactive ketones (excluding diaryl/α,β-unsaturated/α-hetero) is 1. The summed E-state index contributed by atoms with van der Waals surface area (Å²) in [5, 5.41) is 1.24. The predicted octanol–water partition coefficient (Wildman–Crippen LogP) is 9.52. The van der Waals surface area contributed by atoms with Gasteiger partial charge in [0.05, 0.1) is 6.26 Å². The maximum absolute atomic E-state index is 12.1. The highest BCUT2D eigenvalue weighted by atomic mass is 16.5. The number of aryl methyl sites for hydroxylation is 7. The van der Waals surface area contributed by atoms with Gasteiger partial charge in [-0.1, -0.05) is 71.8 Å². The normalized spacial score (nSPS) is 10.8. The van der Waals surface area contributed by atoms with E-state index in [-0.39, 0.29) is 12.4 Å². The Hall–Kier alpha value is -4.11. The lowest BCUT2D eigenvalue weighted by Gasteiger charge is -2.12. The summed E-state index contributed by atoms with van der Waals surface area (Å²) in [5.74, 6) is 0.798. The van der Waals surface area contributed by atoms with Crippen molar-refractivity contribution in [2.75, 3.05) is 6.61 Å². The van der Waals surface area contributed by atoms with Gasteiger partial charge in [-0.15, -0.1) is 0 Å². The topological polar surface area (TPSA) is 39.4 Å². The number of benzene rings is 4. The molecule has 0 unspecified atom stereocenters. The molecule has 0 saturated carbocycles. The van der Waals surface area contributed by atoms with Crippen LogP contribution in [0.1, 0.15) is 54.9 Å². The average molecular weight is 519 g/mol. The first-order valence-corrected chi connectivity index (χ1v) is 13.4. The summed E-state index contributed by atoms with van der Waals surface area (Å²) in [5.41, 5.74) is 13.8. The van der Waals surface area contributed by atoms with Crippen LogP contribution in [-0.2, 0) is 0 Å². The molecule has 0 amide bonds. The zero-order valence-corrected chi connectivity index (χ0v) is 24.4. The Morgan fingerprint density at radius 1 is 0.667 bits per heavy atom. The van der Waals surface area contributed by atoms with E-state index in [1.807, 2.05) is 57.4 Å². The van der Waals surface area contributed by atoms with E-state index in [1.54, 1.807) is 0 Å². The van der Waals surface area contributed by atoms with E-state index < -0.39 is 0 Å². The third-order valence-corrected chi connectivity index (χ3v) is 7.41. The van der Waals surface area contributed by atoms with E-state index in [4.69, 9.17) is 9.15 Å². The number of ketones is 1. The van der Waals surface area contributed by atoms with Gasteiger partial charge >= 0.3 is 0 Å². The molecule has 0 N–H and O–H groups in total. The SMILES string of the molecule is Cc1ccc(-c2coc3c(C)c(C)cc(C)c23)cc1.Cc1ccc(C(=O)COc2cc(C)cc(C)c2C)cc1. The van der Waals surface area contributed by atoms with Crippen LogP contribution in [0, 0.1) is 55.4 Å². The lowest BCUT2D eigenvalue weighted by molar-refractivity contribution is 0.0921. The number of rotatable bonds is 5. The molecular formula is C36H38O3. The standard InChI is InChI=1S/C18H20O2.C18H18O/c1-12-5-7-16(8-6-12)17(19)11-20-18-10-13(2)9-14(3)15(18)4;1-11-5-7-15(8-6-11)16-10-19-18-14(4)12(2)9-13(3)17(16)18/h5-10H,11H2,1-4H3;5-10H,1-4H3. The maximum atomic E-state index is 12.1. The van der Waals surface area contributed by atoms with Crippen molar-refractivity contribution in [2.45, 2.75) is 55.4 Å². The van der Waals surface area contributed by atoms with E-state index in [2.05, 4.69) is 71.0 Å². The van der Waals surface area contributed by atoms with Crippen LogP contribution in [0.4, 0.5) is 0 Å². The van der Waals surface area contributed by atoms with Crippen molar-refractivity contribution >= 4 is 16.8 Å². The summed E-state index contributed by atoms with van der Waals surface area (Å²) >= 11 is 0.